The van der Waals surface area contributed by atoms with E-state index in [1.165, 1.54) is 19.2 Å². The predicted octanol–water partition coefficient (Wildman–Crippen LogP) is -1.52. The molecule has 4 bridgehead atoms. The molecule has 4 atom stereocenters. The monoisotopic (exact) mass is 597 g/mol. The Morgan fingerprint density at radius 2 is 1.60 bits per heavy atom. The molecular formula is C29H39N7O7. The maximum absolute atomic E-state index is 13.8. The average Bonchev–Trinajstić information content (AvgIpc) is 2.96. The Labute approximate surface area is 248 Å². The van der Waals surface area contributed by atoms with Crippen LogP contribution in [0.2, 0.25) is 0 Å². The van der Waals surface area contributed by atoms with E-state index in [2.05, 4.69) is 10.6 Å². The highest BCUT2D eigenvalue weighted by Crippen LogP contribution is 2.31. The molecular weight excluding hydrogens is 558 g/mol. The number of likely N-dealkylation sites (N-methyl/N-ethyl adjacent to an activating group) is 1. The van der Waals surface area contributed by atoms with Crippen molar-refractivity contribution in [3.63, 3.8) is 0 Å². The Balaban J connectivity index is 2.12. The fraction of sp³-hybridized carbons (Fsp3) is 0.414. The van der Waals surface area contributed by atoms with Crippen molar-refractivity contribution < 1.29 is 34.2 Å². The summed E-state index contributed by atoms with van der Waals surface area (Å²) in [4.78, 5) is 65.1. The molecule has 0 saturated carbocycles. The maximum Gasteiger partial charge on any atom is 0.245 e. The summed E-state index contributed by atoms with van der Waals surface area (Å²) in [5, 5.41) is 26.4. The van der Waals surface area contributed by atoms with Crippen LogP contribution in [0.25, 0.3) is 11.1 Å². The van der Waals surface area contributed by atoms with Crippen LogP contribution in [0.3, 0.4) is 0 Å². The molecule has 0 spiro atoms. The van der Waals surface area contributed by atoms with Crippen LogP contribution < -0.4 is 33.6 Å². The van der Waals surface area contributed by atoms with Crippen LogP contribution in [0.4, 0.5) is 0 Å². The summed E-state index contributed by atoms with van der Waals surface area (Å²) >= 11 is 0. The number of carbonyl (C=O) groups is 5. The zero-order chi connectivity index (χ0) is 31.8. The van der Waals surface area contributed by atoms with Gasteiger partial charge in [0.2, 0.25) is 29.5 Å². The molecule has 2 aromatic rings. The van der Waals surface area contributed by atoms with Crippen molar-refractivity contribution in [1.82, 2.24) is 15.5 Å². The number of nitrogens with one attached hydrogen (secondary N) is 2. The second-order valence-corrected chi connectivity index (χ2v) is 10.6. The summed E-state index contributed by atoms with van der Waals surface area (Å²) in [6, 6.07) is 4.70. The van der Waals surface area contributed by atoms with Crippen LogP contribution >= 0.6 is 0 Å². The van der Waals surface area contributed by atoms with Crippen molar-refractivity contribution in [2.75, 3.05) is 13.6 Å². The van der Waals surface area contributed by atoms with E-state index in [4.69, 9.17) is 22.9 Å². The first kappa shape index (κ1) is 32.8. The molecule has 43 heavy (non-hydrogen) atoms. The van der Waals surface area contributed by atoms with E-state index in [1.807, 2.05) is 0 Å². The summed E-state index contributed by atoms with van der Waals surface area (Å²) in [7, 11) is 1.36. The molecule has 0 radical (unpaired) electrons. The number of hydrogen-bond acceptors (Lipinski definition) is 9. The van der Waals surface area contributed by atoms with Gasteiger partial charge in [0.05, 0.1) is 6.04 Å². The van der Waals surface area contributed by atoms with Crippen molar-refractivity contribution in [1.29, 1.82) is 0 Å². The van der Waals surface area contributed by atoms with Crippen molar-refractivity contribution >= 4 is 29.5 Å². The number of primary amides is 2. The third-order valence-electron chi connectivity index (χ3n) is 7.45. The summed E-state index contributed by atoms with van der Waals surface area (Å²) in [6.45, 7) is 0.223. The highest BCUT2D eigenvalue weighted by Gasteiger charge is 2.35. The van der Waals surface area contributed by atoms with E-state index in [0.717, 1.165) is 4.90 Å². The zero-order valence-electron chi connectivity index (χ0n) is 23.9. The van der Waals surface area contributed by atoms with Gasteiger partial charge in [-0.1, -0.05) is 12.1 Å². The third-order valence-corrected chi connectivity index (χ3v) is 7.45. The number of phenolic OH excluding ortho intramolecular Hbond substituents is 2. The minimum atomic E-state index is -1.30. The molecule has 2 unspecified atom stereocenters. The zero-order valence-corrected chi connectivity index (χ0v) is 23.9. The van der Waals surface area contributed by atoms with Gasteiger partial charge in [0, 0.05) is 26.3 Å². The molecule has 14 nitrogen and oxygen atoms in total. The highest BCUT2D eigenvalue weighted by atomic mass is 16.3. The van der Waals surface area contributed by atoms with E-state index >= 15 is 0 Å². The van der Waals surface area contributed by atoms with Gasteiger partial charge in [0.25, 0.3) is 0 Å². The minimum Gasteiger partial charge on any atom is -0.508 e. The lowest BCUT2D eigenvalue weighted by Crippen LogP contribution is -2.58. The van der Waals surface area contributed by atoms with Gasteiger partial charge < -0.3 is 48.7 Å². The Kier molecular flexibility index (Phi) is 11.0. The van der Waals surface area contributed by atoms with Crippen LogP contribution in [0.5, 0.6) is 11.5 Å². The van der Waals surface area contributed by atoms with E-state index < -0.39 is 53.7 Å². The molecule has 0 aliphatic carbocycles. The Morgan fingerprint density at radius 3 is 2.14 bits per heavy atom. The van der Waals surface area contributed by atoms with Crippen molar-refractivity contribution in [3.05, 3.63) is 47.5 Å². The SMILES string of the molecule is CN1C(=O)[C@H](CCCN)NC(=O)C(N)Cc2cc(ccc2O)-c2ccc(O)c(c2)CC1C(=O)N[C@@H](CCC(N)=O)C(N)=O. The number of hydrogen-bond donors (Lipinski definition) is 8. The van der Waals surface area contributed by atoms with Crippen molar-refractivity contribution in [2.24, 2.45) is 22.9 Å². The number of benzene rings is 2. The first-order valence-corrected chi connectivity index (χ1v) is 13.9. The fourth-order valence-corrected chi connectivity index (χ4v) is 4.90. The summed E-state index contributed by atoms with van der Waals surface area (Å²) in [5.41, 5.74) is 24.5. The third kappa shape index (κ3) is 8.42. The molecule has 5 amide bonds. The van der Waals surface area contributed by atoms with Crippen LogP contribution in [-0.2, 0) is 36.8 Å². The largest absolute Gasteiger partial charge is 0.508 e. The van der Waals surface area contributed by atoms with Crippen molar-refractivity contribution in [3.8, 4) is 22.6 Å². The lowest BCUT2D eigenvalue weighted by molar-refractivity contribution is -0.142. The maximum atomic E-state index is 13.8. The van der Waals surface area contributed by atoms with Crippen LogP contribution in [0, 0.1) is 0 Å². The average molecular weight is 598 g/mol. The molecule has 0 aromatic heterocycles. The summed E-state index contributed by atoms with van der Waals surface area (Å²) in [6.07, 6.45) is -0.113. The highest BCUT2D eigenvalue weighted by molar-refractivity contribution is 5.95. The van der Waals surface area contributed by atoms with Gasteiger partial charge in [-0.15, -0.1) is 0 Å². The second kappa shape index (κ2) is 14.5. The standard InChI is InChI=1S/C29H39N7O7/c1-36-22(28(42)34-20(26(33)40)6-9-25(32)39)14-18-12-16(5-8-24(18)38)15-4-7-23(37)17(11-15)13-19(31)27(41)35-21(29(36)43)3-2-10-30/h4-5,7-8,11-12,19-22,37-38H,2-3,6,9-10,13-14,30-31H2,1H3,(H2,32,39)(H2,33,40)(H,34,42)(H,35,41)/t19?,20-,21-,22?/m0/s1. The molecule has 3 rings (SSSR count). The first-order valence-electron chi connectivity index (χ1n) is 13.9. The Hall–Kier alpha value is -4.69. The lowest BCUT2D eigenvalue weighted by Gasteiger charge is -2.32. The molecule has 2 aromatic carbocycles. The quantitative estimate of drug-likeness (QED) is 0.167. The molecule has 0 saturated heterocycles. The van der Waals surface area contributed by atoms with Gasteiger partial charge in [-0.05, 0) is 72.3 Å². The van der Waals surface area contributed by atoms with E-state index in [9.17, 15) is 34.2 Å². The van der Waals surface area contributed by atoms with Crippen molar-refractivity contribution in [2.45, 2.75) is 62.7 Å². The lowest BCUT2D eigenvalue weighted by atomic mass is 9.95. The molecule has 232 valence electrons. The Bertz CT molecular complexity index is 1380. The molecule has 1 aliphatic heterocycles. The van der Waals surface area contributed by atoms with Crippen LogP contribution in [-0.4, -0.2) is 82.4 Å². The number of phenols is 2. The Morgan fingerprint density at radius 1 is 1.02 bits per heavy atom. The van der Waals surface area contributed by atoms with E-state index in [0.29, 0.717) is 28.7 Å². The predicted molar refractivity (Wildman–Crippen MR) is 157 cm³/mol. The van der Waals surface area contributed by atoms with Gasteiger partial charge in [-0.3, -0.25) is 24.0 Å². The minimum absolute atomic E-state index is 0.0328. The molecule has 1 aliphatic rings. The van der Waals surface area contributed by atoms with Gasteiger partial charge in [-0.2, -0.15) is 0 Å². The smallest absolute Gasteiger partial charge is 0.245 e. The van der Waals surface area contributed by atoms with Gasteiger partial charge >= 0.3 is 0 Å². The first-order chi connectivity index (χ1) is 20.3. The normalized spacial score (nSPS) is 19.9. The second-order valence-electron chi connectivity index (χ2n) is 10.6. The molecule has 0 fully saturated rings. The van der Waals surface area contributed by atoms with Gasteiger partial charge in [-0.25, -0.2) is 0 Å². The number of nitrogens with zero attached hydrogens (tertiary/aromatic N) is 1. The fourth-order valence-electron chi connectivity index (χ4n) is 4.90. The molecule has 12 N–H and O–H groups in total. The topological polar surface area (TPSA) is 257 Å². The molecule has 1 heterocycles. The number of fused-ring (bicyclic) bond motifs is 5. The number of carbonyl (C=O) groups excluding carboxylic acids is 5. The number of rotatable bonds is 9. The molecule has 14 heteroatoms. The van der Waals surface area contributed by atoms with E-state index in [-0.39, 0.29) is 50.1 Å². The van der Waals surface area contributed by atoms with Crippen LogP contribution in [0.15, 0.2) is 36.4 Å². The van der Waals surface area contributed by atoms with E-state index in [1.54, 1.807) is 24.3 Å². The summed E-state index contributed by atoms with van der Waals surface area (Å²) in [5.74, 6) is -3.90. The number of aromatic hydroxyl groups is 2. The summed E-state index contributed by atoms with van der Waals surface area (Å²) < 4.78 is 0. The number of amides is 5. The van der Waals surface area contributed by atoms with Gasteiger partial charge in [0.1, 0.15) is 29.6 Å². The number of nitrogens with two attached hydrogens (primary N) is 4. The van der Waals surface area contributed by atoms with Gasteiger partial charge in [0.15, 0.2) is 0 Å². The van der Waals surface area contributed by atoms with Crippen LogP contribution in [0.1, 0.15) is 36.8 Å².